The van der Waals surface area contributed by atoms with Gasteiger partial charge in [-0.1, -0.05) is 17.8 Å². The van der Waals surface area contributed by atoms with Gasteiger partial charge in [-0.15, -0.1) is 0 Å². The lowest BCUT2D eigenvalue weighted by molar-refractivity contribution is -0.137. The summed E-state index contributed by atoms with van der Waals surface area (Å²) in [6.07, 6.45) is 2.77. The third kappa shape index (κ3) is 3.13. The van der Waals surface area contributed by atoms with Gasteiger partial charge < -0.3 is 10.8 Å². The number of rotatable bonds is 4. The van der Waals surface area contributed by atoms with Gasteiger partial charge >= 0.3 is 5.97 Å². The molecule has 1 aromatic heterocycles. The summed E-state index contributed by atoms with van der Waals surface area (Å²) in [4.78, 5) is 20.1. The SMILES string of the molecule is CC1(c2cc(/C=C(\F)c3ccc(C#N)cn3)ccc2F)N=C(N)SC2(C(=O)O)CC21. The van der Waals surface area contributed by atoms with E-state index in [-0.39, 0.29) is 16.4 Å². The summed E-state index contributed by atoms with van der Waals surface area (Å²) < 4.78 is 28.3. The number of pyridine rings is 1. The average Bonchev–Trinajstić information content (AvgIpc) is 3.46. The molecule has 6 nitrogen and oxygen atoms in total. The molecule has 2 heterocycles. The number of benzene rings is 1. The predicted molar refractivity (Wildman–Crippen MR) is 109 cm³/mol. The van der Waals surface area contributed by atoms with Crippen molar-refractivity contribution < 1.29 is 18.7 Å². The van der Waals surface area contributed by atoms with Crippen molar-refractivity contribution in [2.75, 3.05) is 0 Å². The van der Waals surface area contributed by atoms with Crippen molar-refractivity contribution in [1.29, 1.82) is 5.26 Å². The van der Waals surface area contributed by atoms with Crippen LogP contribution in [0.4, 0.5) is 8.78 Å². The lowest BCUT2D eigenvalue weighted by Crippen LogP contribution is -2.39. The molecule has 3 atom stereocenters. The first kappa shape index (κ1) is 20.0. The second-order valence-corrected chi connectivity index (χ2v) is 8.78. The Morgan fingerprint density at radius 3 is 2.83 bits per heavy atom. The van der Waals surface area contributed by atoms with Crippen LogP contribution in [0, 0.1) is 23.1 Å². The molecule has 4 rings (SSSR count). The maximum Gasteiger partial charge on any atom is 0.320 e. The molecule has 1 fully saturated rings. The van der Waals surface area contributed by atoms with Crippen molar-refractivity contribution in [1.82, 2.24) is 4.98 Å². The molecule has 1 aliphatic carbocycles. The number of carboxylic acid groups (broad SMARTS) is 1. The molecular formula is C21H16F2N4O2S. The Hall–Kier alpha value is -3.25. The number of aromatic nitrogens is 1. The molecule has 0 bridgehead atoms. The second-order valence-electron chi connectivity index (χ2n) is 7.43. The van der Waals surface area contributed by atoms with Crippen molar-refractivity contribution in [3.05, 3.63) is 64.7 Å². The first-order valence-corrected chi connectivity index (χ1v) is 9.83. The standard InChI is InChI=1S/C21H16F2N4O2S/c1-20(17-8-21(17,18(28)29)30-19(25)27-20)13-6-11(2-4-14(13)22)7-15(23)16-5-3-12(9-24)10-26-16/h2-7,10,17H,8H2,1H3,(H2,25,27)(H,28,29)/b15-7-. The van der Waals surface area contributed by atoms with E-state index in [1.165, 1.54) is 42.6 Å². The highest BCUT2D eigenvalue weighted by Gasteiger charge is 2.71. The van der Waals surface area contributed by atoms with E-state index in [0.29, 0.717) is 17.5 Å². The zero-order chi connectivity index (χ0) is 21.7. The van der Waals surface area contributed by atoms with Crippen LogP contribution in [0.25, 0.3) is 11.9 Å². The summed E-state index contributed by atoms with van der Waals surface area (Å²) in [6, 6.07) is 8.80. The fraction of sp³-hybridized carbons (Fsp3) is 0.238. The van der Waals surface area contributed by atoms with E-state index >= 15 is 0 Å². The smallest absolute Gasteiger partial charge is 0.320 e. The lowest BCUT2D eigenvalue weighted by Gasteiger charge is -2.33. The van der Waals surface area contributed by atoms with Gasteiger partial charge in [0, 0.05) is 17.7 Å². The third-order valence-corrected chi connectivity index (χ3v) is 6.84. The quantitative estimate of drug-likeness (QED) is 0.771. The van der Waals surface area contributed by atoms with Gasteiger partial charge in [-0.2, -0.15) is 5.26 Å². The fourth-order valence-electron chi connectivity index (χ4n) is 3.90. The molecular weight excluding hydrogens is 410 g/mol. The number of amidine groups is 1. The van der Waals surface area contributed by atoms with Crippen molar-refractivity contribution >= 4 is 34.8 Å². The molecule has 1 saturated carbocycles. The van der Waals surface area contributed by atoms with Gasteiger partial charge in [0.1, 0.15) is 22.5 Å². The van der Waals surface area contributed by atoms with Gasteiger partial charge in [0.15, 0.2) is 5.17 Å². The van der Waals surface area contributed by atoms with E-state index in [1.807, 2.05) is 6.07 Å². The molecule has 9 heteroatoms. The van der Waals surface area contributed by atoms with Crippen molar-refractivity contribution in [3.63, 3.8) is 0 Å². The number of aliphatic imine (C=N–C) groups is 1. The molecule has 30 heavy (non-hydrogen) atoms. The van der Waals surface area contributed by atoms with E-state index < -0.39 is 33.8 Å². The Morgan fingerprint density at radius 2 is 2.20 bits per heavy atom. The fourth-order valence-corrected chi connectivity index (χ4v) is 5.21. The molecule has 0 spiro atoms. The van der Waals surface area contributed by atoms with Crippen LogP contribution in [0.15, 0.2) is 41.5 Å². The Kier molecular flexibility index (Phi) is 4.62. The van der Waals surface area contributed by atoms with Gasteiger partial charge in [0.25, 0.3) is 0 Å². The number of fused-ring (bicyclic) bond motifs is 1. The molecule has 152 valence electrons. The van der Waals surface area contributed by atoms with Crippen LogP contribution in [-0.4, -0.2) is 26.0 Å². The summed E-state index contributed by atoms with van der Waals surface area (Å²) in [5.41, 5.74) is 5.57. The summed E-state index contributed by atoms with van der Waals surface area (Å²) in [5.74, 6) is -2.66. The highest BCUT2D eigenvalue weighted by molar-refractivity contribution is 8.15. The molecule has 2 aliphatic rings. The van der Waals surface area contributed by atoms with E-state index in [0.717, 1.165) is 11.8 Å². The Balaban J connectivity index is 1.73. The predicted octanol–water partition coefficient (Wildman–Crippen LogP) is 3.68. The third-order valence-electron chi connectivity index (χ3n) is 5.55. The maximum absolute atomic E-state index is 14.8. The molecule has 2 aromatic rings. The normalized spacial score (nSPS) is 27.6. The van der Waals surface area contributed by atoms with Crippen LogP contribution in [-0.2, 0) is 10.3 Å². The second kappa shape index (κ2) is 6.92. The number of halogens is 2. The molecule has 0 radical (unpaired) electrons. The Bertz CT molecular complexity index is 1160. The number of nitriles is 1. The van der Waals surface area contributed by atoms with Crippen molar-refractivity contribution in [2.45, 2.75) is 23.6 Å². The Morgan fingerprint density at radius 1 is 1.43 bits per heavy atom. The zero-order valence-electron chi connectivity index (χ0n) is 15.8. The largest absolute Gasteiger partial charge is 0.480 e. The minimum Gasteiger partial charge on any atom is -0.480 e. The van der Waals surface area contributed by atoms with Gasteiger partial charge in [-0.3, -0.25) is 14.8 Å². The molecule has 1 aliphatic heterocycles. The van der Waals surface area contributed by atoms with Gasteiger partial charge in [0.2, 0.25) is 0 Å². The average molecular weight is 426 g/mol. The first-order chi connectivity index (χ1) is 14.2. The lowest BCUT2D eigenvalue weighted by atomic mass is 9.85. The van der Waals surface area contributed by atoms with Crippen molar-refractivity contribution in [3.8, 4) is 6.07 Å². The van der Waals surface area contributed by atoms with Crippen LogP contribution in [0.1, 0.15) is 35.7 Å². The van der Waals surface area contributed by atoms with Crippen LogP contribution >= 0.6 is 11.8 Å². The number of nitrogens with zero attached hydrogens (tertiary/aromatic N) is 3. The molecule has 0 saturated heterocycles. The molecule has 3 N–H and O–H groups in total. The molecule has 3 unspecified atom stereocenters. The first-order valence-electron chi connectivity index (χ1n) is 9.01. The number of thioether (sulfide) groups is 1. The van der Waals surface area contributed by atoms with E-state index in [2.05, 4.69) is 9.98 Å². The summed E-state index contributed by atoms with van der Waals surface area (Å²) in [7, 11) is 0. The molecule has 1 aromatic carbocycles. The number of carboxylic acids is 1. The molecule has 0 amide bonds. The van der Waals surface area contributed by atoms with E-state index in [1.54, 1.807) is 6.92 Å². The summed E-state index contributed by atoms with van der Waals surface area (Å²) >= 11 is 0.991. The summed E-state index contributed by atoms with van der Waals surface area (Å²) in [5, 5.41) is 18.5. The number of carbonyl (C=O) groups is 1. The maximum atomic E-state index is 14.8. The van der Waals surface area contributed by atoms with Crippen LogP contribution in [0.3, 0.4) is 0 Å². The minimum atomic E-state index is -1.18. The zero-order valence-corrected chi connectivity index (χ0v) is 16.6. The van der Waals surface area contributed by atoms with Crippen LogP contribution < -0.4 is 5.73 Å². The number of hydrogen-bond acceptors (Lipinski definition) is 6. The monoisotopic (exact) mass is 426 g/mol. The highest BCUT2D eigenvalue weighted by Crippen LogP contribution is 2.66. The number of nitrogens with two attached hydrogens (primary N) is 1. The van der Waals surface area contributed by atoms with Crippen molar-refractivity contribution in [2.24, 2.45) is 16.6 Å². The summed E-state index contributed by atoms with van der Waals surface area (Å²) in [6.45, 7) is 1.65. The van der Waals surface area contributed by atoms with Gasteiger partial charge in [-0.05, 0) is 49.2 Å². The Labute approximate surface area is 175 Å². The number of hydrogen-bond donors (Lipinski definition) is 2. The van der Waals surface area contributed by atoms with Gasteiger partial charge in [-0.25, -0.2) is 8.78 Å². The highest BCUT2D eigenvalue weighted by atomic mass is 32.2. The topological polar surface area (TPSA) is 112 Å². The van der Waals surface area contributed by atoms with E-state index in [9.17, 15) is 18.7 Å². The van der Waals surface area contributed by atoms with E-state index in [4.69, 9.17) is 11.0 Å². The van der Waals surface area contributed by atoms with Gasteiger partial charge in [0.05, 0.1) is 16.8 Å². The van der Waals surface area contributed by atoms with Crippen LogP contribution in [0.5, 0.6) is 0 Å². The number of aliphatic carboxylic acids is 1. The van der Waals surface area contributed by atoms with Crippen LogP contribution in [0.2, 0.25) is 0 Å². The minimum absolute atomic E-state index is 0.0366.